The van der Waals surface area contributed by atoms with Crippen LogP contribution >= 0.6 is 11.6 Å². The molecule has 0 saturated heterocycles. The first kappa shape index (κ1) is 19.1. The van der Waals surface area contributed by atoms with Gasteiger partial charge in [0.1, 0.15) is 5.75 Å². The van der Waals surface area contributed by atoms with Crippen LogP contribution in [0.5, 0.6) is 5.75 Å². The van der Waals surface area contributed by atoms with E-state index in [1.807, 2.05) is 54.7 Å². The molecule has 0 atom stereocenters. The number of benzene rings is 3. The highest BCUT2D eigenvalue weighted by molar-refractivity contribution is 6.30. The summed E-state index contributed by atoms with van der Waals surface area (Å²) in [6.45, 7) is 1.35. The molecule has 1 N–H and O–H groups in total. The zero-order chi connectivity index (χ0) is 20.1. The lowest BCUT2D eigenvalue weighted by atomic mass is 10.2. The van der Waals surface area contributed by atoms with Gasteiger partial charge in [-0.15, -0.1) is 0 Å². The first-order valence-electron chi connectivity index (χ1n) is 9.45. The van der Waals surface area contributed by atoms with Gasteiger partial charge < -0.3 is 14.7 Å². The minimum absolute atomic E-state index is 0.599. The number of hydrogen-bond donors (Lipinski definition) is 1. The van der Waals surface area contributed by atoms with E-state index in [1.165, 1.54) is 5.52 Å². The molecule has 0 aliphatic carbocycles. The Morgan fingerprint density at radius 2 is 1.86 bits per heavy atom. The van der Waals surface area contributed by atoms with Gasteiger partial charge in [-0.2, -0.15) is 5.10 Å². The van der Waals surface area contributed by atoms with E-state index in [0.717, 1.165) is 39.4 Å². The van der Waals surface area contributed by atoms with Gasteiger partial charge in [0.2, 0.25) is 0 Å². The fraction of sp³-hybridized carbons (Fsp3) is 0.125. The molecular formula is C24H22ClN3O. The minimum atomic E-state index is 0.599. The van der Waals surface area contributed by atoms with Gasteiger partial charge >= 0.3 is 0 Å². The number of hydrogen-bond acceptors (Lipinski definition) is 3. The summed E-state index contributed by atoms with van der Waals surface area (Å²) in [5.41, 5.74) is 7.58. The average molecular weight is 404 g/mol. The second-order valence-corrected chi connectivity index (χ2v) is 7.20. The molecule has 0 fully saturated rings. The normalized spacial score (nSPS) is 11.2. The van der Waals surface area contributed by atoms with Gasteiger partial charge in [-0.1, -0.05) is 60.1 Å². The van der Waals surface area contributed by atoms with Gasteiger partial charge in [-0.3, -0.25) is 0 Å². The summed E-state index contributed by atoms with van der Waals surface area (Å²) < 4.78 is 7.61. The maximum atomic E-state index is 6.14. The second-order valence-electron chi connectivity index (χ2n) is 6.76. The molecule has 0 amide bonds. The van der Waals surface area contributed by atoms with Crippen molar-refractivity contribution < 1.29 is 4.74 Å². The Kier molecular flexibility index (Phi) is 5.82. The van der Waals surface area contributed by atoms with Crippen LogP contribution in [0.1, 0.15) is 16.7 Å². The van der Waals surface area contributed by atoms with Crippen LogP contribution in [-0.2, 0) is 13.1 Å². The van der Waals surface area contributed by atoms with Crippen LogP contribution in [0.4, 0.5) is 0 Å². The average Bonchev–Trinajstić information content (AvgIpc) is 3.09. The van der Waals surface area contributed by atoms with Crippen molar-refractivity contribution in [1.29, 1.82) is 0 Å². The van der Waals surface area contributed by atoms with Crippen molar-refractivity contribution in [2.24, 2.45) is 5.10 Å². The Morgan fingerprint density at radius 1 is 1.03 bits per heavy atom. The molecule has 3 aromatic carbocycles. The van der Waals surface area contributed by atoms with E-state index >= 15 is 0 Å². The summed E-state index contributed by atoms with van der Waals surface area (Å²) in [4.78, 5) is 0. The Hall–Kier alpha value is -3.24. The Morgan fingerprint density at radius 3 is 2.72 bits per heavy atom. The zero-order valence-electron chi connectivity index (χ0n) is 16.2. The molecule has 1 heterocycles. The summed E-state index contributed by atoms with van der Waals surface area (Å²) >= 11 is 6.14. The summed E-state index contributed by atoms with van der Waals surface area (Å²) in [6, 6.07) is 24.2. The SMILES string of the molecule is COc1ccccc1CN/N=C/c1cn(Cc2cccc(Cl)c2)c2ccccc12. The monoisotopic (exact) mass is 403 g/mol. The minimum Gasteiger partial charge on any atom is -0.496 e. The van der Waals surface area contributed by atoms with Crippen molar-refractivity contribution in [2.45, 2.75) is 13.1 Å². The van der Waals surface area contributed by atoms with Crippen LogP contribution in [0, 0.1) is 0 Å². The summed E-state index contributed by atoms with van der Waals surface area (Å²) in [5.74, 6) is 0.855. The van der Waals surface area contributed by atoms with Crippen LogP contribution in [0.25, 0.3) is 10.9 Å². The van der Waals surface area contributed by atoms with Crippen molar-refractivity contribution in [2.75, 3.05) is 7.11 Å². The van der Waals surface area contributed by atoms with Crippen molar-refractivity contribution in [3.63, 3.8) is 0 Å². The van der Waals surface area contributed by atoms with Crippen LogP contribution in [0.2, 0.25) is 5.02 Å². The number of fused-ring (bicyclic) bond motifs is 1. The second kappa shape index (κ2) is 8.84. The summed E-state index contributed by atoms with van der Waals surface area (Å²) in [6.07, 6.45) is 3.99. The Balaban J connectivity index is 1.54. The lowest BCUT2D eigenvalue weighted by molar-refractivity contribution is 0.408. The number of nitrogens with one attached hydrogen (secondary N) is 1. The Labute approximate surface area is 175 Å². The van der Waals surface area contributed by atoms with E-state index in [1.54, 1.807) is 7.11 Å². The third kappa shape index (κ3) is 4.44. The fourth-order valence-corrected chi connectivity index (χ4v) is 3.65. The van der Waals surface area contributed by atoms with Gasteiger partial charge in [-0.25, -0.2) is 0 Å². The van der Waals surface area contributed by atoms with E-state index in [4.69, 9.17) is 16.3 Å². The van der Waals surface area contributed by atoms with Crippen molar-refractivity contribution in [3.8, 4) is 5.75 Å². The van der Waals surface area contributed by atoms with Gasteiger partial charge in [0, 0.05) is 39.8 Å². The molecule has 0 aliphatic heterocycles. The molecule has 0 aliphatic rings. The van der Waals surface area contributed by atoms with Gasteiger partial charge in [-0.05, 0) is 29.8 Å². The predicted molar refractivity (Wildman–Crippen MR) is 120 cm³/mol. The smallest absolute Gasteiger partial charge is 0.123 e. The maximum absolute atomic E-state index is 6.14. The molecule has 5 heteroatoms. The highest BCUT2D eigenvalue weighted by atomic mass is 35.5. The molecule has 0 radical (unpaired) electrons. The Bertz CT molecular complexity index is 1150. The fourth-order valence-electron chi connectivity index (χ4n) is 3.44. The molecule has 29 heavy (non-hydrogen) atoms. The molecule has 0 bridgehead atoms. The van der Waals surface area contributed by atoms with E-state index in [0.29, 0.717) is 6.54 Å². The van der Waals surface area contributed by atoms with Crippen LogP contribution in [0.3, 0.4) is 0 Å². The number of nitrogens with zero attached hydrogens (tertiary/aromatic N) is 2. The number of ether oxygens (including phenoxy) is 1. The lowest BCUT2D eigenvalue weighted by Gasteiger charge is -2.07. The third-order valence-electron chi connectivity index (χ3n) is 4.82. The van der Waals surface area contributed by atoms with Gasteiger partial charge in [0.25, 0.3) is 0 Å². The van der Waals surface area contributed by atoms with E-state index in [9.17, 15) is 0 Å². The summed E-state index contributed by atoms with van der Waals surface area (Å²) in [5, 5.41) is 6.35. The molecule has 146 valence electrons. The lowest BCUT2D eigenvalue weighted by Crippen LogP contribution is -2.06. The van der Waals surface area contributed by atoms with Crippen LogP contribution < -0.4 is 10.2 Å². The molecule has 4 nitrogen and oxygen atoms in total. The predicted octanol–water partition coefficient (Wildman–Crippen LogP) is 5.48. The molecule has 4 rings (SSSR count). The topological polar surface area (TPSA) is 38.5 Å². The number of para-hydroxylation sites is 2. The highest BCUT2D eigenvalue weighted by Crippen LogP contribution is 2.22. The maximum Gasteiger partial charge on any atom is 0.123 e. The van der Waals surface area contributed by atoms with Crippen LogP contribution in [-0.4, -0.2) is 17.9 Å². The zero-order valence-corrected chi connectivity index (χ0v) is 16.9. The summed E-state index contributed by atoms with van der Waals surface area (Å²) in [7, 11) is 1.68. The van der Waals surface area contributed by atoms with E-state index in [2.05, 4.69) is 45.6 Å². The first-order valence-corrected chi connectivity index (χ1v) is 9.82. The van der Waals surface area contributed by atoms with Crippen molar-refractivity contribution >= 4 is 28.7 Å². The quantitative estimate of drug-likeness (QED) is 0.328. The van der Waals surface area contributed by atoms with Gasteiger partial charge in [0.15, 0.2) is 0 Å². The number of methoxy groups -OCH3 is 1. The standard InChI is InChI=1S/C24H22ClN3O/c1-29-24-12-5-2-8-19(24)14-26-27-15-20-17-28(23-11-4-3-10-22(20)23)16-18-7-6-9-21(25)13-18/h2-13,15,17,26H,14,16H2,1H3/b27-15+. The number of halogens is 1. The first-order chi connectivity index (χ1) is 14.2. The molecule has 1 aromatic heterocycles. The highest BCUT2D eigenvalue weighted by Gasteiger charge is 2.07. The van der Waals surface area contributed by atoms with Gasteiger partial charge in [0.05, 0.1) is 19.9 Å². The van der Waals surface area contributed by atoms with E-state index < -0.39 is 0 Å². The van der Waals surface area contributed by atoms with Crippen molar-refractivity contribution in [1.82, 2.24) is 9.99 Å². The molecule has 4 aromatic rings. The molecular weight excluding hydrogens is 382 g/mol. The number of rotatable bonds is 7. The molecule has 0 spiro atoms. The third-order valence-corrected chi connectivity index (χ3v) is 5.05. The largest absolute Gasteiger partial charge is 0.496 e. The van der Waals surface area contributed by atoms with Crippen LogP contribution in [0.15, 0.2) is 84.1 Å². The van der Waals surface area contributed by atoms with E-state index in [-0.39, 0.29) is 0 Å². The number of hydrazone groups is 1. The number of aromatic nitrogens is 1. The van der Waals surface area contributed by atoms with Crippen molar-refractivity contribution in [3.05, 3.63) is 101 Å². The molecule has 0 saturated carbocycles. The molecule has 0 unspecified atom stereocenters.